The van der Waals surface area contributed by atoms with Crippen LogP contribution in [0, 0.1) is 11.3 Å². The van der Waals surface area contributed by atoms with E-state index in [-0.39, 0.29) is 38.4 Å². The summed E-state index contributed by atoms with van der Waals surface area (Å²) in [5.41, 5.74) is -0.217. The molecular weight excluding hydrogens is 347 g/mol. The van der Waals surface area contributed by atoms with Crippen LogP contribution in [0.2, 0.25) is 0 Å². The normalized spacial score (nSPS) is 15.6. The number of carbonyl (C=O) groups is 2. The molecule has 1 aromatic heterocycles. The Morgan fingerprint density at radius 3 is 2.37 bits per heavy atom. The van der Waals surface area contributed by atoms with Gasteiger partial charge >= 0.3 is 0 Å². The van der Waals surface area contributed by atoms with Gasteiger partial charge in [0.05, 0.1) is 11.6 Å². The van der Waals surface area contributed by atoms with Crippen LogP contribution in [0.3, 0.4) is 0 Å². The van der Waals surface area contributed by atoms with Gasteiger partial charge in [0.15, 0.2) is 5.67 Å². The number of piperidine rings is 1. The Balaban J connectivity index is 1.55. The van der Waals surface area contributed by atoms with E-state index in [1.807, 2.05) is 6.07 Å². The maximum atomic E-state index is 15.0. The molecule has 0 unspecified atom stereocenters. The summed E-state index contributed by atoms with van der Waals surface area (Å²) in [5.74, 6) is -0.872. The number of rotatable bonds is 4. The van der Waals surface area contributed by atoms with Crippen molar-refractivity contribution in [2.75, 3.05) is 13.1 Å². The lowest BCUT2D eigenvalue weighted by Crippen LogP contribution is -2.52. The fourth-order valence-corrected chi connectivity index (χ4v) is 3.00. The minimum absolute atomic E-state index is 0.0444. The van der Waals surface area contributed by atoms with Crippen molar-refractivity contribution in [2.24, 2.45) is 0 Å². The van der Waals surface area contributed by atoms with Crippen molar-refractivity contribution < 1.29 is 14.0 Å². The van der Waals surface area contributed by atoms with Crippen LogP contribution in [0.4, 0.5) is 4.39 Å². The second-order valence-corrected chi connectivity index (χ2v) is 6.48. The molecule has 1 aliphatic heterocycles. The van der Waals surface area contributed by atoms with E-state index in [4.69, 9.17) is 5.26 Å². The van der Waals surface area contributed by atoms with Gasteiger partial charge < -0.3 is 10.2 Å². The molecule has 1 fully saturated rings. The third-order valence-electron chi connectivity index (χ3n) is 4.71. The number of benzene rings is 1. The molecule has 1 saturated heterocycles. The first kappa shape index (κ1) is 18.5. The Morgan fingerprint density at radius 1 is 1.15 bits per heavy atom. The van der Waals surface area contributed by atoms with Crippen molar-refractivity contribution in [1.29, 1.82) is 5.26 Å². The lowest BCUT2D eigenvalue weighted by molar-refractivity contribution is -0.135. The highest BCUT2D eigenvalue weighted by molar-refractivity contribution is 5.94. The van der Waals surface area contributed by atoms with E-state index in [9.17, 15) is 9.59 Å². The summed E-state index contributed by atoms with van der Waals surface area (Å²) in [6.45, 7) is 0.566. The van der Waals surface area contributed by atoms with Crippen LogP contribution in [0.1, 0.15) is 34.3 Å². The van der Waals surface area contributed by atoms with E-state index < -0.39 is 11.6 Å². The van der Waals surface area contributed by atoms with Crippen LogP contribution in [0.15, 0.2) is 48.8 Å². The Kier molecular flexibility index (Phi) is 5.46. The van der Waals surface area contributed by atoms with E-state index in [2.05, 4.69) is 10.3 Å². The zero-order chi connectivity index (χ0) is 19.3. The average molecular weight is 366 g/mol. The summed E-state index contributed by atoms with van der Waals surface area (Å²) in [6, 6.07) is 11.8. The van der Waals surface area contributed by atoms with E-state index in [0.29, 0.717) is 11.1 Å². The third kappa shape index (κ3) is 4.29. The molecule has 0 bridgehead atoms. The molecule has 3 rings (SSSR count). The van der Waals surface area contributed by atoms with Crippen molar-refractivity contribution in [3.63, 3.8) is 0 Å². The van der Waals surface area contributed by atoms with E-state index in [1.165, 1.54) is 4.90 Å². The number of hydrogen-bond acceptors (Lipinski definition) is 4. The average Bonchev–Trinajstić information content (AvgIpc) is 2.73. The van der Waals surface area contributed by atoms with Gasteiger partial charge in [0.25, 0.3) is 11.8 Å². The van der Waals surface area contributed by atoms with E-state index in [1.54, 1.807) is 48.8 Å². The highest BCUT2D eigenvalue weighted by atomic mass is 19.1. The minimum atomic E-state index is -1.98. The summed E-state index contributed by atoms with van der Waals surface area (Å²) in [6.07, 6.45) is 3.13. The first-order chi connectivity index (χ1) is 13.0. The molecule has 0 atom stereocenters. The molecule has 27 heavy (non-hydrogen) atoms. The predicted molar refractivity (Wildman–Crippen MR) is 96.2 cm³/mol. The Hall–Kier alpha value is -3.27. The molecule has 0 aliphatic carbocycles. The molecule has 1 aromatic carbocycles. The number of halogens is 1. The lowest BCUT2D eigenvalue weighted by atomic mass is 9.92. The fourth-order valence-electron chi connectivity index (χ4n) is 3.00. The zero-order valence-electron chi connectivity index (χ0n) is 14.7. The first-order valence-electron chi connectivity index (χ1n) is 8.67. The molecule has 6 nitrogen and oxygen atoms in total. The predicted octanol–water partition coefficient (Wildman–Crippen LogP) is 2.21. The summed E-state index contributed by atoms with van der Waals surface area (Å²) >= 11 is 0. The fraction of sp³-hybridized carbons (Fsp3) is 0.300. The summed E-state index contributed by atoms with van der Waals surface area (Å²) in [7, 11) is 0. The van der Waals surface area contributed by atoms with Crippen LogP contribution in [-0.4, -0.2) is 40.5 Å². The monoisotopic (exact) mass is 366 g/mol. The summed E-state index contributed by atoms with van der Waals surface area (Å²) in [4.78, 5) is 30.2. The third-order valence-corrected chi connectivity index (χ3v) is 4.71. The van der Waals surface area contributed by atoms with Gasteiger partial charge in [0, 0.05) is 50.4 Å². The molecular formula is C20H19FN4O2. The Bertz CT molecular complexity index is 854. The Labute approximate surface area is 156 Å². The first-order valence-corrected chi connectivity index (χ1v) is 8.67. The molecule has 7 heteroatoms. The minimum Gasteiger partial charge on any atom is -0.349 e. The van der Waals surface area contributed by atoms with Crippen molar-refractivity contribution in [1.82, 2.24) is 15.2 Å². The number of nitrogens with zero attached hydrogens (tertiary/aromatic N) is 3. The van der Waals surface area contributed by atoms with Crippen molar-refractivity contribution >= 4 is 11.8 Å². The SMILES string of the molecule is N#Cc1ccc(C(=O)N2CCC(F)(C(=O)NCc3ccncc3)CC2)cc1. The smallest absolute Gasteiger partial charge is 0.258 e. The number of pyridine rings is 1. The van der Waals surface area contributed by atoms with Gasteiger partial charge in [-0.25, -0.2) is 4.39 Å². The second kappa shape index (κ2) is 7.96. The molecule has 2 amide bonds. The van der Waals surface area contributed by atoms with Gasteiger partial charge in [-0.05, 0) is 42.0 Å². The number of nitriles is 1. The molecule has 0 radical (unpaired) electrons. The van der Waals surface area contributed by atoms with Gasteiger partial charge in [-0.3, -0.25) is 14.6 Å². The van der Waals surface area contributed by atoms with Crippen LogP contribution in [0.25, 0.3) is 0 Å². The number of alkyl halides is 1. The van der Waals surface area contributed by atoms with E-state index in [0.717, 1.165) is 5.56 Å². The maximum Gasteiger partial charge on any atom is 0.258 e. The quantitative estimate of drug-likeness (QED) is 0.899. The van der Waals surface area contributed by atoms with Crippen molar-refractivity contribution in [2.45, 2.75) is 25.1 Å². The van der Waals surface area contributed by atoms with Crippen molar-refractivity contribution in [3.05, 3.63) is 65.5 Å². The molecule has 1 N–H and O–H groups in total. The largest absolute Gasteiger partial charge is 0.349 e. The highest BCUT2D eigenvalue weighted by Crippen LogP contribution is 2.28. The van der Waals surface area contributed by atoms with Gasteiger partial charge in [0.2, 0.25) is 0 Å². The number of carbonyl (C=O) groups excluding carboxylic acids is 2. The topological polar surface area (TPSA) is 86.1 Å². The number of amides is 2. The zero-order valence-corrected chi connectivity index (χ0v) is 14.7. The number of aromatic nitrogens is 1. The van der Waals surface area contributed by atoms with Gasteiger partial charge in [0.1, 0.15) is 0 Å². The van der Waals surface area contributed by atoms with Crippen LogP contribution < -0.4 is 5.32 Å². The second-order valence-electron chi connectivity index (χ2n) is 6.48. The standard InChI is InChI=1S/C20H19FN4O2/c21-20(19(27)24-14-16-5-9-23-10-6-16)7-11-25(12-8-20)18(26)17-3-1-15(13-22)2-4-17/h1-6,9-10H,7-8,11-12,14H2,(H,24,27). The van der Waals surface area contributed by atoms with E-state index >= 15 is 4.39 Å². The summed E-state index contributed by atoms with van der Waals surface area (Å²) in [5, 5.41) is 11.4. The van der Waals surface area contributed by atoms with Gasteiger partial charge in [-0.15, -0.1) is 0 Å². The van der Waals surface area contributed by atoms with Gasteiger partial charge in [-0.1, -0.05) is 0 Å². The molecule has 2 aromatic rings. The Morgan fingerprint density at radius 2 is 1.78 bits per heavy atom. The molecule has 1 aliphatic rings. The molecule has 0 spiro atoms. The van der Waals surface area contributed by atoms with Crippen LogP contribution in [0.5, 0.6) is 0 Å². The molecule has 0 saturated carbocycles. The lowest BCUT2D eigenvalue weighted by Gasteiger charge is -2.35. The van der Waals surface area contributed by atoms with Crippen LogP contribution in [-0.2, 0) is 11.3 Å². The molecule has 138 valence electrons. The molecule has 2 heterocycles. The number of likely N-dealkylation sites (tertiary alicyclic amines) is 1. The summed E-state index contributed by atoms with van der Waals surface area (Å²) < 4.78 is 15.0. The maximum absolute atomic E-state index is 15.0. The number of nitrogens with one attached hydrogen (secondary N) is 1. The van der Waals surface area contributed by atoms with Gasteiger partial charge in [-0.2, -0.15) is 5.26 Å². The highest BCUT2D eigenvalue weighted by Gasteiger charge is 2.42. The van der Waals surface area contributed by atoms with Crippen LogP contribution >= 0.6 is 0 Å². The number of hydrogen-bond donors (Lipinski definition) is 1. The van der Waals surface area contributed by atoms with Crippen molar-refractivity contribution in [3.8, 4) is 6.07 Å².